The van der Waals surface area contributed by atoms with Crippen molar-refractivity contribution in [1.82, 2.24) is 4.90 Å². The molecule has 1 saturated heterocycles. The lowest BCUT2D eigenvalue weighted by atomic mass is 9.97. The molecule has 2 rings (SSSR count). The molecule has 0 N–H and O–H groups in total. The molecule has 0 unspecified atom stereocenters. The third-order valence-electron chi connectivity index (χ3n) is 5.12. The highest BCUT2D eigenvalue weighted by molar-refractivity contribution is 4.86. The maximum atomic E-state index is 5.86. The minimum Gasteiger partial charge on any atom is -0.373 e. The van der Waals surface area contributed by atoms with Gasteiger partial charge >= 0.3 is 0 Å². The Kier molecular flexibility index (Phi) is 6.35. The molecule has 1 saturated carbocycles. The molecule has 118 valence electrons. The maximum absolute atomic E-state index is 5.86. The highest BCUT2D eigenvalue weighted by Gasteiger charge is 2.33. The summed E-state index contributed by atoms with van der Waals surface area (Å²) in [5, 5.41) is 0. The van der Waals surface area contributed by atoms with E-state index >= 15 is 0 Å². The van der Waals surface area contributed by atoms with Crippen LogP contribution in [0, 0.1) is 11.8 Å². The molecule has 2 heteroatoms. The van der Waals surface area contributed by atoms with Crippen LogP contribution in [-0.4, -0.2) is 36.2 Å². The Labute approximate surface area is 126 Å². The monoisotopic (exact) mass is 281 g/mol. The Hall–Kier alpha value is -0.0800. The molecule has 1 aliphatic heterocycles. The summed E-state index contributed by atoms with van der Waals surface area (Å²) in [7, 11) is 0. The fraction of sp³-hybridized carbons (Fsp3) is 1.00. The summed E-state index contributed by atoms with van der Waals surface area (Å²) in [5.41, 5.74) is 0. The van der Waals surface area contributed by atoms with Crippen molar-refractivity contribution < 1.29 is 4.74 Å². The Morgan fingerprint density at radius 2 is 1.75 bits per heavy atom. The highest BCUT2D eigenvalue weighted by Crippen LogP contribution is 2.34. The first-order valence-electron chi connectivity index (χ1n) is 8.94. The van der Waals surface area contributed by atoms with Crippen LogP contribution in [0.3, 0.4) is 0 Å². The van der Waals surface area contributed by atoms with Crippen LogP contribution in [-0.2, 0) is 4.74 Å². The van der Waals surface area contributed by atoms with Gasteiger partial charge in [0.25, 0.3) is 0 Å². The lowest BCUT2D eigenvalue weighted by Crippen LogP contribution is -2.49. The summed E-state index contributed by atoms with van der Waals surface area (Å²) in [6, 6.07) is 0.846. The van der Waals surface area contributed by atoms with E-state index in [1.165, 1.54) is 44.9 Å². The van der Waals surface area contributed by atoms with Crippen LogP contribution in [0.25, 0.3) is 0 Å². The zero-order valence-electron chi connectivity index (χ0n) is 14.1. The summed E-state index contributed by atoms with van der Waals surface area (Å²) >= 11 is 0. The summed E-state index contributed by atoms with van der Waals surface area (Å²) in [6.07, 6.45) is 10.9. The molecule has 1 heterocycles. The van der Waals surface area contributed by atoms with Crippen molar-refractivity contribution in [2.75, 3.05) is 13.1 Å². The van der Waals surface area contributed by atoms with Crippen LogP contribution in [0.4, 0.5) is 0 Å². The quantitative estimate of drug-likeness (QED) is 0.666. The normalized spacial score (nSPS) is 35.9. The second kappa shape index (κ2) is 7.79. The second-order valence-corrected chi connectivity index (χ2v) is 7.72. The zero-order valence-corrected chi connectivity index (χ0v) is 14.1. The van der Waals surface area contributed by atoms with Crippen LogP contribution in [0.1, 0.15) is 72.6 Å². The van der Waals surface area contributed by atoms with Gasteiger partial charge in [0.2, 0.25) is 0 Å². The Bertz CT molecular complexity index is 269. The molecule has 2 fully saturated rings. The number of rotatable bonds is 6. The predicted molar refractivity (Wildman–Crippen MR) is 86.0 cm³/mol. The molecule has 2 nitrogen and oxygen atoms in total. The van der Waals surface area contributed by atoms with Crippen molar-refractivity contribution >= 4 is 0 Å². The minimum atomic E-state index is 0.420. The molecule has 4 atom stereocenters. The lowest BCUT2D eigenvalue weighted by molar-refractivity contribution is -0.0799. The standard InChI is InChI=1S/C18H35NO/c1-14(2)7-5-6-8-17-9-10-18(11-17)19-12-15(3)20-16(4)13-19/h14-18H,5-13H2,1-4H3/t15-,16+,17-,18+/m0/s1. The Morgan fingerprint density at radius 3 is 2.40 bits per heavy atom. The van der Waals surface area contributed by atoms with E-state index in [1.807, 2.05) is 0 Å². The van der Waals surface area contributed by atoms with Crippen LogP contribution < -0.4 is 0 Å². The van der Waals surface area contributed by atoms with E-state index in [0.29, 0.717) is 12.2 Å². The Morgan fingerprint density at radius 1 is 1.05 bits per heavy atom. The van der Waals surface area contributed by atoms with Crippen LogP contribution in [0.2, 0.25) is 0 Å². The topological polar surface area (TPSA) is 12.5 Å². The number of hydrogen-bond donors (Lipinski definition) is 0. The molecular weight excluding hydrogens is 246 g/mol. The third-order valence-corrected chi connectivity index (χ3v) is 5.12. The molecule has 0 amide bonds. The van der Waals surface area contributed by atoms with Crippen molar-refractivity contribution in [2.24, 2.45) is 11.8 Å². The number of nitrogens with zero attached hydrogens (tertiary/aromatic N) is 1. The maximum Gasteiger partial charge on any atom is 0.0678 e. The van der Waals surface area contributed by atoms with Crippen molar-refractivity contribution in [3.8, 4) is 0 Å². The SMILES string of the molecule is CC(C)CCCC[C@H]1CC[C@@H](N2C[C@@H](C)O[C@@H](C)C2)C1. The molecule has 0 bridgehead atoms. The van der Waals surface area contributed by atoms with Crippen molar-refractivity contribution in [3.05, 3.63) is 0 Å². The van der Waals surface area contributed by atoms with E-state index in [9.17, 15) is 0 Å². The first-order chi connectivity index (χ1) is 9.54. The van der Waals surface area contributed by atoms with Gasteiger partial charge in [0.05, 0.1) is 12.2 Å². The number of unbranched alkanes of at least 4 members (excludes halogenated alkanes) is 1. The van der Waals surface area contributed by atoms with Gasteiger partial charge in [-0.2, -0.15) is 0 Å². The van der Waals surface area contributed by atoms with Crippen LogP contribution >= 0.6 is 0 Å². The molecule has 1 aliphatic carbocycles. The molecule has 20 heavy (non-hydrogen) atoms. The van der Waals surface area contributed by atoms with E-state index in [0.717, 1.165) is 31.0 Å². The van der Waals surface area contributed by atoms with E-state index in [4.69, 9.17) is 4.74 Å². The van der Waals surface area contributed by atoms with Gasteiger partial charge in [-0.25, -0.2) is 0 Å². The second-order valence-electron chi connectivity index (χ2n) is 7.72. The summed E-state index contributed by atoms with van der Waals surface area (Å²) < 4.78 is 5.86. The van der Waals surface area contributed by atoms with Gasteiger partial charge < -0.3 is 4.74 Å². The third kappa shape index (κ3) is 5.04. The van der Waals surface area contributed by atoms with Crippen LogP contribution in [0.15, 0.2) is 0 Å². The molecule has 0 radical (unpaired) electrons. The summed E-state index contributed by atoms with van der Waals surface area (Å²) in [6.45, 7) is 11.4. The zero-order chi connectivity index (χ0) is 14.5. The average Bonchev–Trinajstić information content (AvgIpc) is 2.82. The van der Waals surface area contributed by atoms with Crippen LogP contribution in [0.5, 0.6) is 0 Å². The fourth-order valence-electron chi connectivity index (χ4n) is 4.14. The number of ether oxygens (including phenoxy) is 1. The fourth-order valence-corrected chi connectivity index (χ4v) is 4.14. The first kappa shape index (κ1) is 16.3. The number of hydrogen-bond acceptors (Lipinski definition) is 2. The largest absolute Gasteiger partial charge is 0.373 e. The smallest absolute Gasteiger partial charge is 0.0678 e. The summed E-state index contributed by atoms with van der Waals surface area (Å²) in [4.78, 5) is 2.72. The van der Waals surface area contributed by atoms with Crippen molar-refractivity contribution in [1.29, 1.82) is 0 Å². The van der Waals surface area contributed by atoms with E-state index in [-0.39, 0.29) is 0 Å². The van der Waals surface area contributed by atoms with Crippen molar-refractivity contribution in [3.63, 3.8) is 0 Å². The van der Waals surface area contributed by atoms with Gasteiger partial charge in [0.1, 0.15) is 0 Å². The van der Waals surface area contributed by atoms with Gasteiger partial charge in [-0.3, -0.25) is 4.90 Å². The number of morpholine rings is 1. The molecule has 0 spiro atoms. The van der Waals surface area contributed by atoms with Gasteiger partial charge in [0.15, 0.2) is 0 Å². The van der Waals surface area contributed by atoms with Gasteiger partial charge in [-0.1, -0.05) is 39.5 Å². The molecule has 2 aliphatic rings. The Balaban J connectivity index is 1.66. The predicted octanol–water partition coefficient (Wildman–Crippen LogP) is 4.48. The lowest BCUT2D eigenvalue weighted by Gasteiger charge is -2.39. The average molecular weight is 281 g/mol. The van der Waals surface area contributed by atoms with Crippen molar-refractivity contribution in [2.45, 2.75) is 90.9 Å². The summed E-state index contributed by atoms with van der Waals surface area (Å²) in [5.74, 6) is 1.88. The molecule has 0 aromatic carbocycles. The van der Waals surface area contributed by atoms with E-state index < -0.39 is 0 Å². The molecule has 0 aromatic heterocycles. The van der Waals surface area contributed by atoms with E-state index in [2.05, 4.69) is 32.6 Å². The van der Waals surface area contributed by atoms with Gasteiger partial charge in [-0.15, -0.1) is 0 Å². The molecule has 0 aromatic rings. The minimum absolute atomic E-state index is 0.420. The molecular formula is C18H35NO. The van der Waals surface area contributed by atoms with Gasteiger partial charge in [-0.05, 0) is 44.9 Å². The van der Waals surface area contributed by atoms with Gasteiger partial charge in [0, 0.05) is 19.1 Å². The van der Waals surface area contributed by atoms with E-state index in [1.54, 1.807) is 0 Å². The highest BCUT2D eigenvalue weighted by atomic mass is 16.5. The first-order valence-corrected chi connectivity index (χ1v) is 8.94.